The van der Waals surface area contributed by atoms with E-state index in [1.807, 2.05) is 6.92 Å². The number of aryl methyl sites for hydroxylation is 2. The van der Waals surface area contributed by atoms with E-state index in [4.69, 9.17) is 5.11 Å². The number of nitrogens with one attached hydrogen (secondary N) is 1. The third-order valence-corrected chi connectivity index (χ3v) is 2.74. The van der Waals surface area contributed by atoms with Crippen molar-refractivity contribution in [1.82, 2.24) is 14.8 Å². The predicted molar refractivity (Wildman–Crippen MR) is 71.7 cm³/mol. The van der Waals surface area contributed by atoms with E-state index in [-0.39, 0.29) is 17.4 Å². The minimum Gasteiger partial charge on any atom is -0.477 e. The van der Waals surface area contributed by atoms with Crippen LogP contribution in [0.2, 0.25) is 0 Å². The Labute approximate surface area is 115 Å². The molecule has 0 unspecified atom stereocenters. The number of nitrogens with zero attached hydrogens (tertiary/aromatic N) is 3. The normalized spacial score (nSPS) is 10.3. The van der Waals surface area contributed by atoms with Crippen LogP contribution >= 0.6 is 0 Å². The van der Waals surface area contributed by atoms with Gasteiger partial charge in [-0.2, -0.15) is 5.10 Å². The lowest BCUT2D eigenvalue weighted by Gasteiger charge is -2.05. The average Bonchev–Trinajstić information content (AvgIpc) is 2.80. The Morgan fingerprint density at radius 3 is 2.75 bits per heavy atom. The summed E-state index contributed by atoms with van der Waals surface area (Å²) in [6, 6.07) is 6.10. The zero-order valence-electron chi connectivity index (χ0n) is 11.1. The third-order valence-electron chi connectivity index (χ3n) is 2.74. The molecule has 0 aliphatic rings. The lowest BCUT2D eigenvalue weighted by atomic mass is 10.3. The fraction of sp³-hybridized carbons (Fsp3) is 0.231. The Morgan fingerprint density at radius 1 is 1.40 bits per heavy atom. The van der Waals surface area contributed by atoms with Gasteiger partial charge in [-0.3, -0.25) is 9.48 Å². The largest absolute Gasteiger partial charge is 0.477 e. The Balaban J connectivity index is 2.21. The minimum atomic E-state index is -1.14. The van der Waals surface area contributed by atoms with Crippen LogP contribution in [0.4, 0.5) is 5.82 Å². The van der Waals surface area contributed by atoms with E-state index in [2.05, 4.69) is 15.4 Å². The number of aromatic carboxylic acids is 1. The first-order chi connectivity index (χ1) is 9.51. The van der Waals surface area contributed by atoms with E-state index in [0.717, 1.165) is 12.1 Å². The summed E-state index contributed by atoms with van der Waals surface area (Å²) in [7, 11) is 1.68. The highest BCUT2D eigenvalue weighted by Crippen LogP contribution is 2.09. The maximum Gasteiger partial charge on any atom is 0.354 e. The van der Waals surface area contributed by atoms with Gasteiger partial charge in [-0.15, -0.1) is 0 Å². The van der Waals surface area contributed by atoms with Crippen molar-refractivity contribution in [2.75, 3.05) is 5.32 Å². The van der Waals surface area contributed by atoms with Gasteiger partial charge in [0.15, 0.2) is 5.69 Å². The molecule has 20 heavy (non-hydrogen) atoms. The van der Waals surface area contributed by atoms with Crippen LogP contribution in [0.25, 0.3) is 0 Å². The molecule has 7 nitrogen and oxygen atoms in total. The lowest BCUT2D eigenvalue weighted by Crippen LogP contribution is -2.17. The van der Waals surface area contributed by atoms with E-state index in [1.165, 1.54) is 22.9 Å². The van der Waals surface area contributed by atoms with E-state index in [0.29, 0.717) is 5.69 Å². The van der Waals surface area contributed by atoms with E-state index < -0.39 is 5.97 Å². The van der Waals surface area contributed by atoms with Gasteiger partial charge < -0.3 is 10.4 Å². The number of hydrogen-bond acceptors (Lipinski definition) is 4. The summed E-state index contributed by atoms with van der Waals surface area (Å²) in [6.45, 7) is 1.95. The van der Waals surface area contributed by atoms with Gasteiger partial charge in [0, 0.05) is 7.05 Å². The van der Waals surface area contributed by atoms with Crippen molar-refractivity contribution in [1.29, 1.82) is 0 Å². The Kier molecular flexibility index (Phi) is 3.79. The number of anilines is 1. The van der Waals surface area contributed by atoms with Crippen molar-refractivity contribution in [3.05, 3.63) is 41.3 Å². The van der Waals surface area contributed by atoms with Gasteiger partial charge in [-0.1, -0.05) is 13.0 Å². The maximum atomic E-state index is 12.1. The molecule has 0 aliphatic carbocycles. The highest BCUT2D eigenvalue weighted by atomic mass is 16.4. The quantitative estimate of drug-likeness (QED) is 0.876. The molecule has 2 heterocycles. The summed E-state index contributed by atoms with van der Waals surface area (Å²) in [4.78, 5) is 26.7. The molecule has 0 radical (unpaired) electrons. The molecular weight excluding hydrogens is 260 g/mol. The molecule has 2 aromatic rings. The molecular formula is C13H14N4O3. The number of pyridine rings is 1. The van der Waals surface area contributed by atoms with E-state index >= 15 is 0 Å². The van der Waals surface area contributed by atoms with Crippen molar-refractivity contribution < 1.29 is 14.7 Å². The number of hydrogen-bond donors (Lipinski definition) is 2. The number of carbonyl (C=O) groups excluding carboxylic acids is 1. The number of rotatable bonds is 4. The van der Waals surface area contributed by atoms with Gasteiger partial charge in [0.25, 0.3) is 5.91 Å². The first kappa shape index (κ1) is 13.7. The maximum absolute atomic E-state index is 12.1. The molecule has 0 aliphatic heterocycles. The second kappa shape index (κ2) is 5.52. The first-order valence-electron chi connectivity index (χ1n) is 6.06. The number of amides is 1. The summed E-state index contributed by atoms with van der Waals surface area (Å²) in [6.07, 6.45) is 0.730. The smallest absolute Gasteiger partial charge is 0.354 e. The molecule has 0 aromatic carbocycles. The standard InChI is InChI=1S/C13H14N4O3/c1-3-8-7-10(17(2)16-8)12(18)15-11-6-4-5-9(14-11)13(19)20/h4-7H,3H2,1-2H3,(H,19,20)(H,14,15,18). The van der Waals surface area contributed by atoms with Gasteiger partial charge in [0.1, 0.15) is 11.5 Å². The van der Waals surface area contributed by atoms with E-state index in [9.17, 15) is 9.59 Å². The summed E-state index contributed by atoms with van der Waals surface area (Å²) in [5, 5.41) is 15.6. The minimum absolute atomic E-state index is 0.123. The number of carbonyl (C=O) groups is 2. The second-order valence-electron chi connectivity index (χ2n) is 4.17. The van der Waals surface area contributed by atoms with Crippen LogP contribution in [0.5, 0.6) is 0 Å². The highest BCUT2D eigenvalue weighted by molar-refractivity contribution is 6.02. The van der Waals surface area contributed by atoms with Crippen LogP contribution in [0, 0.1) is 0 Å². The zero-order valence-corrected chi connectivity index (χ0v) is 11.1. The van der Waals surface area contributed by atoms with Crippen LogP contribution in [0.1, 0.15) is 33.6 Å². The van der Waals surface area contributed by atoms with Crippen LogP contribution in [0.15, 0.2) is 24.3 Å². The van der Waals surface area contributed by atoms with Crippen molar-refractivity contribution in [2.24, 2.45) is 7.05 Å². The van der Waals surface area contributed by atoms with Gasteiger partial charge in [0.2, 0.25) is 0 Å². The summed E-state index contributed by atoms with van der Waals surface area (Å²) >= 11 is 0. The molecule has 0 spiro atoms. The molecule has 0 saturated heterocycles. The van der Waals surface area contributed by atoms with E-state index in [1.54, 1.807) is 13.1 Å². The number of carboxylic acid groups (broad SMARTS) is 1. The third kappa shape index (κ3) is 2.82. The molecule has 0 bridgehead atoms. The van der Waals surface area contributed by atoms with Crippen LogP contribution in [0.3, 0.4) is 0 Å². The Hall–Kier alpha value is -2.70. The zero-order chi connectivity index (χ0) is 14.7. The summed E-state index contributed by atoms with van der Waals surface area (Å²) in [5.74, 6) is -1.33. The fourth-order valence-electron chi connectivity index (χ4n) is 1.72. The molecule has 104 valence electrons. The lowest BCUT2D eigenvalue weighted by molar-refractivity contribution is 0.0690. The molecule has 1 amide bonds. The number of carboxylic acids is 1. The van der Waals surface area contributed by atoms with Gasteiger partial charge in [0.05, 0.1) is 5.69 Å². The molecule has 2 N–H and O–H groups in total. The predicted octanol–water partition coefficient (Wildman–Crippen LogP) is 1.33. The fourth-order valence-corrected chi connectivity index (χ4v) is 1.72. The van der Waals surface area contributed by atoms with Crippen molar-refractivity contribution >= 4 is 17.7 Å². The van der Waals surface area contributed by atoms with Crippen LogP contribution in [-0.2, 0) is 13.5 Å². The Morgan fingerprint density at radius 2 is 2.15 bits per heavy atom. The molecule has 0 saturated carbocycles. The van der Waals surface area contributed by atoms with Crippen LogP contribution in [-0.4, -0.2) is 31.7 Å². The average molecular weight is 274 g/mol. The van der Waals surface area contributed by atoms with Crippen molar-refractivity contribution in [3.8, 4) is 0 Å². The van der Waals surface area contributed by atoms with Gasteiger partial charge in [-0.05, 0) is 24.6 Å². The molecule has 2 rings (SSSR count). The highest BCUT2D eigenvalue weighted by Gasteiger charge is 2.14. The second-order valence-corrected chi connectivity index (χ2v) is 4.17. The van der Waals surface area contributed by atoms with Crippen LogP contribution < -0.4 is 5.32 Å². The van der Waals surface area contributed by atoms with Gasteiger partial charge >= 0.3 is 5.97 Å². The van der Waals surface area contributed by atoms with Crippen molar-refractivity contribution in [3.63, 3.8) is 0 Å². The summed E-state index contributed by atoms with van der Waals surface area (Å²) < 4.78 is 1.48. The molecule has 0 fully saturated rings. The van der Waals surface area contributed by atoms with Crippen molar-refractivity contribution in [2.45, 2.75) is 13.3 Å². The Bertz CT molecular complexity index is 663. The summed E-state index contributed by atoms with van der Waals surface area (Å²) in [5.41, 5.74) is 1.08. The van der Waals surface area contributed by atoms with Gasteiger partial charge in [-0.25, -0.2) is 9.78 Å². The molecule has 7 heteroatoms. The SMILES string of the molecule is CCc1cc(C(=O)Nc2cccc(C(=O)O)n2)n(C)n1. The first-order valence-corrected chi connectivity index (χ1v) is 6.06. The topological polar surface area (TPSA) is 97.1 Å². The number of aromatic nitrogens is 3. The monoisotopic (exact) mass is 274 g/mol. The molecule has 0 atom stereocenters. The molecule has 2 aromatic heterocycles.